The van der Waals surface area contributed by atoms with Crippen LogP contribution >= 0.6 is 12.2 Å². The van der Waals surface area contributed by atoms with Crippen LogP contribution in [0.25, 0.3) is 11.4 Å². The monoisotopic (exact) mass is 380 g/mol. The minimum absolute atomic E-state index is 0.0537. The lowest BCUT2D eigenvalue weighted by molar-refractivity contribution is 0.155. The number of nitrogens with one attached hydrogen (secondary N) is 1. The van der Waals surface area contributed by atoms with Crippen molar-refractivity contribution in [1.29, 1.82) is 0 Å². The molecular formula is C17H24N4O2S2. The maximum atomic E-state index is 11.8. The van der Waals surface area contributed by atoms with E-state index < -0.39 is 9.84 Å². The Morgan fingerprint density at radius 3 is 2.68 bits per heavy atom. The van der Waals surface area contributed by atoms with Gasteiger partial charge in [-0.1, -0.05) is 36.8 Å². The number of rotatable bonds is 6. The molecule has 1 saturated heterocycles. The van der Waals surface area contributed by atoms with Crippen molar-refractivity contribution in [1.82, 2.24) is 19.7 Å². The maximum Gasteiger partial charge on any atom is 0.217 e. The smallest absolute Gasteiger partial charge is 0.217 e. The predicted octanol–water partition coefficient (Wildman–Crippen LogP) is 2.77. The van der Waals surface area contributed by atoms with Crippen LogP contribution < -0.4 is 0 Å². The second-order valence-corrected chi connectivity index (χ2v) is 9.25. The number of benzene rings is 1. The molecule has 0 amide bonds. The molecule has 0 aliphatic carbocycles. The topological polar surface area (TPSA) is 71.0 Å². The molecule has 8 heteroatoms. The van der Waals surface area contributed by atoms with Gasteiger partial charge in [-0.15, -0.1) is 0 Å². The van der Waals surface area contributed by atoms with Crippen molar-refractivity contribution in [2.75, 3.05) is 18.1 Å². The van der Waals surface area contributed by atoms with Gasteiger partial charge >= 0.3 is 0 Å². The Hall–Kier alpha value is -1.51. The average molecular weight is 381 g/mol. The summed E-state index contributed by atoms with van der Waals surface area (Å²) in [4.78, 5) is 6.65. The summed E-state index contributed by atoms with van der Waals surface area (Å²) in [6.07, 6.45) is 1.65. The second-order valence-electron chi connectivity index (χ2n) is 6.66. The van der Waals surface area contributed by atoms with Crippen LogP contribution in [0.1, 0.15) is 25.3 Å². The highest BCUT2D eigenvalue weighted by Gasteiger charge is 2.32. The van der Waals surface area contributed by atoms with Gasteiger partial charge in [0.15, 0.2) is 15.7 Å². The molecule has 0 spiro atoms. The summed E-state index contributed by atoms with van der Waals surface area (Å²) in [6.45, 7) is 5.51. The Kier molecular flexibility index (Phi) is 5.41. The number of sulfone groups is 1. The molecule has 25 heavy (non-hydrogen) atoms. The minimum atomic E-state index is -2.91. The van der Waals surface area contributed by atoms with E-state index in [9.17, 15) is 8.42 Å². The first-order valence-electron chi connectivity index (χ1n) is 8.56. The molecule has 136 valence electrons. The number of aromatic nitrogens is 3. The zero-order valence-corrected chi connectivity index (χ0v) is 16.2. The van der Waals surface area contributed by atoms with E-state index in [4.69, 9.17) is 12.2 Å². The number of hydrogen-bond donors (Lipinski definition) is 1. The largest absolute Gasteiger partial charge is 0.280 e. The van der Waals surface area contributed by atoms with Crippen molar-refractivity contribution >= 4 is 22.1 Å². The number of nitrogens with zero attached hydrogens (tertiary/aromatic N) is 3. The molecule has 3 rings (SSSR count). The van der Waals surface area contributed by atoms with E-state index in [1.165, 1.54) is 5.56 Å². The first-order chi connectivity index (χ1) is 11.9. The molecule has 1 aliphatic heterocycles. The van der Waals surface area contributed by atoms with E-state index in [0.717, 1.165) is 24.4 Å². The van der Waals surface area contributed by atoms with Gasteiger partial charge in [0.25, 0.3) is 0 Å². The average Bonchev–Trinajstić information content (AvgIpc) is 3.10. The number of aromatic amines is 1. The van der Waals surface area contributed by atoms with Crippen LogP contribution in [0.2, 0.25) is 0 Å². The summed E-state index contributed by atoms with van der Waals surface area (Å²) >= 11 is 5.40. The van der Waals surface area contributed by atoms with Crippen LogP contribution in [-0.2, 0) is 16.5 Å². The Bertz CT molecular complexity index is 884. The number of aryl methyl sites for hydroxylation is 1. The molecule has 2 heterocycles. The molecule has 2 aromatic rings. The quantitative estimate of drug-likeness (QED) is 0.780. The maximum absolute atomic E-state index is 11.8. The molecule has 1 aromatic carbocycles. The molecule has 1 N–H and O–H groups in total. The van der Waals surface area contributed by atoms with Crippen LogP contribution in [0.4, 0.5) is 0 Å². The van der Waals surface area contributed by atoms with Gasteiger partial charge in [-0.3, -0.25) is 10.00 Å². The third kappa shape index (κ3) is 4.37. The molecule has 1 fully saturated rings. The van der Waals surface area contributed by atoms with E-state index in [-0.39, 0.29) is 17.5 Å². The Morgan fingerprint density at radius 2 is 2.08 bits per heavy atom. The van der Waals surface area contributed by atoms with Gasteiger partial charge in [0.05, 0.1) is 18.2 Å². The molecule has 0 bridgehead atoms. The SMILES string of the molecule is CCCN(Cn1[nH]c(-c2ccc(C)cc2)nc1=S)[C@@H]1CCS(=O)(=O)C1. The van der Waals surface area contributed by atoms with E-state index in [1.807, 2.05) is 35.9 Å². The third-order valence-corrected chi connectivity index (χ3v) is 6.62. The predicted molar refractivity (Wildman–Crippen MR) is 102 cm³/mol. The van der Waals surface area contributed by atoms with Crippen LogP contribution in [0.5, 0.6) is 0 Å². The van der Waals surface area contributed by atoms with Crippen LogP contribution in [0.3, 0.4) is 0 Å². The zero-order chi connectivity index (χ0) is 18.0. The highest BCUT2D eigenvalue weighted by atomic mass is 32.2. The lowest BCUT2D eigenvalue weighted by atomic mass is 10.1. The minimum Gasteiger partial charge on any atom is -0.280 e. The van der Waals surface area contributed by atoms with E-state index in [1.54, 1.807) is 0 Å². The number of hydrogen-bond acceptors (Lipinski definition) is 5. The summed E-state index contributed by atoms with van der Waals surface area (Å²) in [5.74, 6) is 1.25. The normalized spacial score (nSPS) is 19.6. The van der Waals surface area contributed by atoms with Crippen LogP contribution in [-0.4, -0.2) is 52.2 Å². The summed E-state index contributed by atoms with van der Waals surface area (Å²) in [5.41, 5.74) is 2.18. The van der Waals surface area contributed by atoms with Crippen molar-refractivity contribution in [3.63, 3.8) is 0 Å². The van der Waals surface area contributed by atoms with E-state index >= 15 is 0 Å². The first kappa shape index (κ1) is 18.3. The fourth-order valence-corrected chi connectivity index (χ4v) is 5.15. The Labute approximate surface area is 153 Å². The van der Waals surface area contributed by atoms with Gasteiger partial charge < -0.3 is 0 Å². The molecule has 1 aromatic heterocycles. The molecule has 0 saturated carbocycles. The summed E-state index contributed by atoms with van der Waals surface area (Å²) in [7, 11) is -2.91. The highest BCUT2D eigenvalue weighted by molar-refractivity contribution is 7.91. The van der Waals surface area contributed by atoms with Gasteiger partial charge in [-0.05, 0) is 38.5 Å². The van der Waals surface area contributed by atoms with Crippen molar-refractivity contribution in [3.05, 3.63) is 34.6 Å². The van der Waals surface area contributed by atoms with Gasteiger partial charge in [-0.2, -0.15) is 4.98 Å². The van der Waals surface area contributed by atoms with Gasteiger partial charge in [-0.25, -0.2) is 13.1 Å². The van der Waals surface area contributed by atoms with Crippen molar-refractivity contribution in [2.24, 2.45) is 0 Å². The fraction of sp³-hybridized carbons (Fsp3) is 0.529. The standard InChI is InChI=1S/C17H24N4O2S2/c1-3-9-20(15-8-10-25(22,23)11-15)12-21-17(24)18-16(19-21)14-6-4-13(2)5-7-14/h4-7,15H,3,8-12H2,1-2H3,(H,18,19,24)/t15-/m1/s1. The second kappa shape index (κ2) is 7.39. The molecule has 1 aliphatic rings. The first-order valence-corrected chi connectivity index (χ1v) is 10.8. The van der Waals surface area contributed by atoms with Crippen molar-refractivity contribution in [3.8, 4) is 11.4 Å². The summed E-state index contributed by atoms with van der Waals surface area (Å²) in [5, 5.41) is 3.26. The Morgan fingerprint density at radius 1 is 1.36 bits per heavy atom. The molecule has 0 radical (unpaired) electrons. The van der Waals surface area contributed by atoms with E-state index in [0.29, 0.717) is 17.9 Å². The lowest BCUT2D eigenvalue weighted by Gasteiger charge is -2.27. The van der Waals surface area contributed by atoms with Crippen molar-refractivity contribution in [2.45, 2.75) is 39.4 Å². The lowest BCUT2D eigenvalue weighted by Crippen LogP contribution is -2.38. The molecular weight excluding hydrogens is 356 g/mol. The van der Waals surface area contributed by atoms with Gasteiger partial charge in [0.1, 0.15) is 0 Å². The zero-order valence-electron chi connectivity index (χ0n) is 14.6. The molecule has 6 nitrogen and oxygen atoms in total. The molecule has 1 atom stereocenters. The van der Waals surface area contributed by atoms with Gasteiger partial charge in [0.2, 0.25) is 4.77 Å². The number of H-pyrrole nitrogens is 1. The van der Waals surface area contributed by atoms with Gasteiger partial charge in [0, 0.05) is 11.6 Å². The van der Waals surface area contributed by atoms with Crippen LogP contribution in [0.15, 0.2) is 24.3 Å². The van der Waals surface area contributed by atoms with Crippen molar-refractivity contribution < 1.29 is 8.42 Å². The van der Waals surface area contributed by atoms with E-state index in [2.05, 4.69) is 21.9 Å². The Balaban J connectivity index is 1.81. The summed E-state index contributed by atoms with van der Waals surface area (Å²) in [6, 6.07) is 8.16. The summed E-state index contributed by atoms with van der Waals surface area (Å²) < 4.78 is 25.9. The highest BCUT2D eigenvalue weighted by Crippen LogP contribution is 2.20. The molecule has 0 unspecified atom stereocenters. The van der Waals surface area contributed by atoms with Crippen LogP contribution in [0, 0.1) is 11.7 Å². The third-order valence-electron chi connectivity index (χ3n) is 4.56. The fourth-order valence-electron chi connectivity index (χ4n) is 3.19.